The lowest BCUT2D eigenvalue weighted by molar-refractivity contribution is -0.120. The Morgan fingerprint density at radius 2 is 2.18 bits per heavy atom. The van der Waals surface area contributed by atoms with Gasteiger partial charge in [0.1, 0.15) is 22.0 Å². The van der Waals surface area contributed by atoms with Gasteiger partial charge in [0.05, 0.1) is 25.1 Å². The number of carbonyl (C=O) groups excluding carboxylic acids is 1. The SMILES string of the molecule is CC(=O)[C@@]1(C)CSC(c2ncc(N3CCOCC3)cc2O)=N1. The summed E-state index contributed by atoms with van der Waals surface area (Å²) in [6.45, 7) is 6.30. The number of Topliss-reactive ketones (excluding diaryl/α,β-unsaturated/α-hetero) is 1. The van der Waals surface area contributed by atoms with Crippen LogP contribution in [0.2, 0.25) is 0 Å². The highest BCUT2D eigenvalue weighted by atomic mass is 32.2. The molecule has 0 amide bonds. The molecule has 1 N–H and O–H groups in total. The van der Waals surface area contributed by atoms with Crippen LogP contribution in [0.4, 0.5) is 5.69 Å². The fourth-order valence-electron chi connectivity index (χ4n) is 2.40. The van der Waals surface area contributed by atoms with Gasteiger partial charge in [-0.15, -0.1) is 11.8 Å². The Morgan fingerprint density at radius 3 is 2.77 bits per heavy atom. The molecule has 1 atom stereocenters. The number of ketones is 1. The molecule has 3 rings (SSSR count). The molecule has 1 aromatic rings. The minimum atomic E-state index is -0.711. The van der Waals surface area contributed by atoms with E-state index in [0.717, 1.165) is 18.8 Å². The maximum atomic E-state index is 11.7. The highest BCUT2D eigenvalue weighted by molar-refractivity contribution is 8.14. The summed E-state index contributed by atoms with van der Waals surface area (Å²) in [4.78, 5) is 22.6. The van der Waals surface area contributed by atoms with Crippen LogP contribution in [0.5, 0.6) is 5.75 Å². The predicted octanol–water partition coefficient (Wildman–Crippen LogP) is 1.46. The predicted molar refractivity (Wildman–Crippen MR) is 87.0 cm³/mol. The number of thioether (sulfide) groups is 1. The first kappa shape index (κ1) is 15.3. The normalized spacial score (nSPS) is 25.2. The summed E-state index contributed by atoms with van der Waals surface area (Å²) in [6, 6.07) is 1.71. The Morgan fingerprint density at radius 1 is 1.45 bits per heavy atom. The second-order valence-corrected chi connectivity index (χ2v) is 6.66. The average molecular weight is 321 g/mol. The highest BCUT2D eigenvalue weighted by Gasteiger charge is 2.36. The van der Waals surface area contributed by atoms with Crippen LogP contribution >= 0.6 is 11.8 Å². The number of aromatic hydroxyl groups is 1. The molecule has 1 saturated heterocycles. The van der Waals surface area contributed by atoms with Crippen molar-refractivity contribution in [2.75, 3.05) is 37.0 Å². The molecular weight excluding hydrogens is 302 g/mol. The van der Waals surface area contributed by atoms with Crippen molar-refractivity contribution < 1.29 is 14.6 Å². The molecule has 118 valence electrons. The number of morpholine rings is 1. The van der Waals surface area contributed by atoms with Gasteiger partial charge in [0.25, 0.3) is 0 Å². The van der Waals surface area contributed by atoms with Crippen LogP contribution in [0.3, 0.4) is 0 Å². The average Bonchev–Trinajstić information content (AvgIpc) is 2.92. The van der Waals surface area contributed by atoms with E-state index in [1.54, 1.807) is 19.2 Å². The van der Waals surface area contributed by atoms with Crippen LogP contribution in [0, 0.1) is 0 Å². The van der Waals surface area contributed by atoms with Crippen LogP contribution in [-0.4, -0.2) is 58.5 Å². The zero-order valence-electron chi connectivity index (χ0n) is 12.7. The monoisotopic (exact) mass is 321 g/mol. The van der Waals surface area contributed by atoms with Gasteiger partial charge in [-0.1, -0.05) is 0 Å². The number of hydrogen-bond acceptors (Lipinski definition) is 7. The van der Waals surface area contributed by atoms with Crippen molar-refractivity contribution in [3.8, 4) is 5.75 Å². The second-order valence-electron chi connectivity index (χ2n) is 5.70. The van der Waals surface area contributed by atoms with Crippen LogP contribution in [0.25, 0.3) is 0 Å². The Kier molecular flexibility index (Phi) is 4.10. The third kappa shape index (κ3) is 2.83. The van der Waals surface area contributed by atoms with Crippen LogP contribution in [0.15, 0.2) is 17.3 Å². The van der Waals surface area contributed by atoms with Gasteiger partial charge in [0.2, 0.25) is 0 Å². The number of anilines is 1. The van der Waals surface area contributed by atoms with E-state index >= 15 is 0 Å². The Bertz CT molecular complexity index is 628. The first-order valence-corrected chi connectivity index (χ1v) is 8.24. The third-order valence-electron chi connectivity index (χ3n) is 4.03. The van der Waals surface area contributed by atoms with E-state index in [1.165, 1.54) is 11.8 Å². The molecule has 0 unspecified atom stereocenters. The van der Waals surface area contributed by atoms with Crippen LogP contribution < -0.4 is 4.90 Å². The topological polar surface area (TPSA) is 75.0 Å². The number of ether oxygens (including phenoxy) is 1. The van der Waals surface area contributed by atoms with Crippen molar-refractivity contribution in [3.63, 3.8) is 0 Å². The summed E-state index contributed by atoms with van der Waals surface area (Å²) in [6.07, 6.45) is 1.74. The molecule has 0 aromatic carbocycles. The zero-order valence-corrected chi connectivity index (χ0v) is 13.5. The van der Waals surface area contributed by atoms with E-state index in [1.807, 2.05) is 6.92 Å². The van der Waals surface area contributed by atoms with Gasteiger partial charge in [0.15, 0.2) is 5.78 Å². The molecule has 0 bridgehead atoms. The minimum Gasteiger partial charge on any atom is -0.506 e. The molecule has 3 heterocycles. The summed E-state index contributed by atoms with van der Waals surface area (Å²) in [5.41, 5.74) is 0.617. The number of aliphatic imine (C=N–C) groups is 1. The fraction of sp³-hybridized carbons (Fsp3) is 0.533. The maximum Gasteiger partial charge on any atom is 0.157 e. The van der Waals surface area contributed by atoms with Gasteiger partial charge in [0, 0.05) is 24.9 Å². The first-order valence-electron chi connectivity index (χ1n) is 7.25. The van der Waals surface area contributed by atoms with Gasteiger partial charge >= 0.3 is 0 Å². The van der Waals surface area contributed by atoms with Crippen molar-refractivity contribution in [2.24, 2.45) is 4.99 Å². The number of pyridine rings is 1. The van der Waals surface area contributed by atoms with E-state index in [2.05, 4.69) is 14.9 Å². The lowest BCUT2D eigenvalue weighted by atomic mass is 10.0. The van der Waals surface area contributed by atoms with E-state index < -0.39 is 5.54 Å². The zero-order chi connectivity index (χ0) is 15.7. The fourth-order valence-corrected chi connectivity index (χ4v) is 3.65. The molecule has 0 spiro atoms. The van der Waals surface area contributed by atoms with Gasteiger partial charge in [-0.05, 0) is 13.8 Å². The largest absolute Gasteiger partial charge is 0.506 e. The number of carbonyl (C=O) groups is 1. The molecular formula is C15H19N3O3S. The van der Waals surface area contributed by atoms with Crippen molar-refractivity contribution in [1.82, 2.24) is 4.98 Å². The lowest BCUT2D eigenvalue weighted by Gasteiger charge is -2.28. The molecule has 7 heteroatoms. The second kappa shape index (κ2) is 5.89. The van der Waals surface area contributed by atoms with Gasteiger partial charge in [-0.25, -0.2) is 4.98 Å². The first-order chi connectivity index (χ1) is 10.5. The summed E-state index contributed by atoms with van der Waals surface area (Å²) in [7, 11) is 0. The Hall–Kier alpha value is -1.60. The quantitative estimate of drug-likeness (QED) is 0.908. The van der Waals surface area contributed by atoms with E-state index in [0.29, 0.717) is 29.7 Å². The van der Waals surface area contributed by atoms with Crippen LogP contribution in [0.1, 0.15) is 19.5 Å². The summed E-state index contributed by atoms with van der Waals surface area (Å²) in [5, 5.41) is 10.9. The number of aromatic nitrogens is 1. The molecule has 6 nitrogen and oxygen atoms in total. The molecule has 22 heavy (non-hydrogen) atoms. The smallest absolute Gasteiger partial charge is 0.157 e. The Balaban J connectivity index is 1.85. The highest BCUT2D eigenvalue weighted by Crippen LogP contribution is 2.34. The van der Waals surface area contributed by atoms with E-state index in [9.17, 15) is 9.90 Å². The molecule has 2 aliphatic heterocycles. The Labute approximate surface area is 133 Å². The standard InChI is InChI=1S/C15H19N3O3S/c1-10(19)15(2)9-22-14(17-15)13-12(20)7-11(8-16-13)18-3-5-21-6-4-18/h7-8,20H,3-6,9H2,1-2H3/t15-/m1/s1. The lowest BCUT2D eigenvalue weighted by Crippen LogP contribution is -2.36. The van der Waals surface area contributed by atoms with E-state index in [-0.39, 0.29) is 11.5 Å². The van der Waals surface area contributed by atoms with Crippen molar-refractivity contribution >= 4 is 28.3 Å². The van der Waals surface area contributed by atoms with Gasteiger partial charge < -0.3 is 14.7 Å². The summed E-state index contributed by atoms with van der Waals surface area (Å²) in [5.74, 6) is 0.715. The number of hydrogen-bond donors (Lipinski definition) is 1. The van der Waals surface area contributed by atoms with Crippen LogP contribution in [-0.2, 0) is 9.53 Å². The van der Waals surface area contributed by atoms with Gasteiger partial charge in [-0.3, -0.25) is 9.79 Å². The number of rotatable bonds is 3. The molecule has 1 fully saturated rings. The third-order valence-corrected chi connectivity index (χ3v) is 5.29. The molecule has 2 aliphatic rings. The van der Waals surface area contributed by atoms with Crippen molar-refractivity contribution in [1.29, 1.82) is 0 Å². The van der Waals surface area contributed by atoms with E-state index in [4.69, 9.17) is 4.74 Å². The van der Waals surface area contributed by atoms with Crippen molar-refractivity contribution in [3.05, 3.63) is 18.0 Å². The van der Waals surface area contributed by atoms with Crippen molar-refractivity contribution in [2.45, 2.75) is 19.4 Å². The molecule has 0 aliphatic carbocycles. The number of nitrogens with zero attached hydrogens (tertiary/aromatic N) is 3. The summed E-state index contributed by atoms with van der Waals surface area (Å²) >= 11 is 1.46. The molecule has 1 aromatic heterocycles. The molecule has 0 radical (unpaired) electrons. The maximum absolute atomic E-state index is 11.7. The van der Waals surface area contributed by atoms with Gasteiger partial charge in [-0.2, -0.15) is 0 Å². The summed E-state index contributed by atoms with van der Waals surface area (Å²) < 4.78 is 5.32. The molecule has 0 saturated carbocycles. The minimum absolute atomic E-state index is 0.0272.